The molecule has 0 aliphatic carbocycles. The van der Waals surface area contributed by atoms with E-state index in [1.165, 1.54) is 33.1 Å². The Morgan fingerprint density at radius 3 is 2.43 bits per heavy atom. The fourth-order valence-corrected chi connectivity index (χ4v) is 3.47. The predicted molar refractivity (Wildman–Crippen MR) is 90.0 cm³/mol. The molecule has 1 heterocycles. The highest BCUT2D eigenvalue weighted by Crippen LogP contribution is 2.29. The Hall–Kier alpha value is -1.26. The first-order valence-electron chi connectivity index (χ1n) is 7.78. The monoisotopic (exact) mass is 303 g/mol. The van der Waals surface area contributed by atoms with E-state index in [1.54, 1.807) is 0 Å². The number of aryl methyl sites for hydroxylation is 3. The minimum absolute atomic E-state index is 0.213. The van der Waals surface area contributed by atoms with Crippen LogP contribution >= 0.6 is 11.5 Å². The second kappa shape index (κ2) is 7.66. The first-order chi connectivity index (χ1) is 10.2. The van der Waals surface area contributed by atoms with Gasteiger partial charge in [-0.15, -0.1) is 5.10 Å². The molecule has 0 bridgehead atoms. The lowest BCUT2D eigenvalue weighted by molar-refractivity contribution is 0.599. The second-order valence-electron chi connectivity index (χ2n) is 5.64. The van der Waals surface area contributed by atoms with Crippen LogP contribution < -0.4 is 5.32 Å². The lowest BCUT2D eigenvalue weighted by Gasteiger charge is -2.19. The van der Waals surface area contributed by atoms with E-state index in [4.69, 9.17) is 0 Å². The van der Waals surface area contributed by atoms with Gasteiger partial charge in [0.2, 0.25) is 0 Å². The zero-order chi connectivity index (χ0) is 15.2. The highest BCUT2D eigenvalue weighted by Gasteiger charge is 2.20. The van der Waals surface area contributed by atoms with Crippen molar-refractivity contribution in [3.63, 3.8) is 0 Å². The van der Waals surface area contributed by atoms with Gasteiger partial charge in [-0.3, -0.25) is 0 Å². The van der Waals surface area contributed by atoms with E-state index in [2.05, 4.69) is 60.8 Å². The molecule has 0 saturated carbocycles. The Labute approximate surface area is 132 Å². The molecule has 0 aliphatic heterocycles. The molecule has 0 amide bonds. The maximum Gasteiger partial charge on any atom is 0.0807 e. The van der Waals surface area contributed by atoms with Crippen molar-refractivity contribution in [2.45, 2.75) is 53.0 Å². The third-order valence-electron chi connectivity index (χ3n) is 3.51. The lowest BCUT2D eigenvalue weighted by Crippen LogP contribution is -2.23. The summed E-state index contributed by atoms with van der Waals surface area (Å²) < 4.78 is 4.19. The highest BCUT2D eigenvalue weighted by atomic mass is 32.1. The summed E-state index contributed by atoms with van der Waals surface area (Å²) in [5, 5.41) is 8.01. The number of hydrogen-bond acceptors (Lipinski definition) is 4. The van der Waals surface area contributed by atoms with Crippen LogP contribution in [0.25, 0.3) is 0 Å². The Morgan fingerprint density at radius 1 is 1.10 bits per heavy atom. The van der Waals surface area contributed by atoms with Gasteiger partial charge in [-0.2, -0.15) is 0 Å². The van der Waals surface area contributed by atoms with Crippen LogP contribution in [0.4, 0.5) is 0 Å². The van der Waals surface area contributed by atoms with Crippen LogP contribution in [0.1, 0.15) is 60.0 Å². The minimum atomic E-state index is 0.213. The third-order valence-corrected chi connectivity index (χ3v) is 4.34. The summed E-state index contributed by atoms with van der Waals surface area (Å²) in [5.74, 6) is 0. The molecule has 0 fully saturated rings. The summed E-state index contributed by atoms with van der Waals surface area (Å²) in [7, 11) is 0. The molecule has 1 N–H and O–H groups in total. The van der Waals surface area contributed by atoms with E-state index < -0.39 is 0 Å². The number of aromatic nitrogens is 2. The van der Waals surface area contributed by atoms with Gasteiger partial charge >= 0.3 is 0 Å². The molecule has 4 heteroatoms. The van der Waals surface area contributed by atoms with Crippen molar-refractivity contribution in [1.82, 2.24) is 14.9 Å². The summed E-state index contributed by atoms with van der Waals surface area (Å²) in [6.07, 6.45) is 3.23. The summed E-state index contributed by atoms with van der Waals surface area (Å²) >= 11 is 1.53. The first-order valence-corrected chi connectivity index (χ1v) is 8.55. The Balaban J connectivity index is 2.39. The van der Waals surface area contributed by atoms with Crippen LogP contribution in [0, 0.1) is 13.8 Å². The Morgan fingerprint density at radius 2 is 1.81 bits per heavy atom. The predicted octanol–water partition coefficient (Wildman–Crippen LogP) is 4.20. The van der Waals surface area contributed by atoms with E-state index in [0.29, 0.717) is 0 Å². The van der Waals surface area contributed by atoms with Crippen molar-refractivity contribution in [3.05, 3.63) is 45.5 Å². The molecule has 21 heavy (non-hydrogen) atoms. The van der Waals surface area contributed by atoms with Gasteiger partial charge in [0.1, 0.15) is 0 Å². The first kappa shape index (κ1) is 16.1. The lowest BCUT2D eigenvalue weighted by atomic mass is 9.98. The van der Waals surface area contributed by atoms with Gasteiger partial charge in [-0.05, 0) is 50.3 Å². The molecule has 2 rings (SSSR count). The van der Waals surface area contributed by atoms with Gasteiger partial charge in [-0.1, -0.05) is 54.1 Å². The quantitative estimate of drug-likeness (QED) is 0.833. The summed E-state index contributed by atoms with van der Waals surface area (Å²) in [6, 6.07) is 6.98. The minimum Gasteiger partial charge on any atom is -0.305 e. The molecule has 2 aromatic rings. The topological polar surface area (TPSA) is 37.8 Å². The maximum atomic E-state index is 4.33. The Bertz CT molecular complexity index is 557. The van der Waals surface area contributed by atoms with Crippen molar-refractivity contribution in [3.8, 4) is 0 Å². The Kier molecular flexibility index (Phi) is 5.88. The van der Waals surface area contributed by atoms with Crippen molar-refractivity contribution in [1.29, 1.82) is 0 Å². The van der Waals surface area contributed by atoms with Gasteiger partial charge in [0.25, 0.3) is 0 Å². The fourth-order valence-electron chi connectivity index (χ4n) is 2.67. The van der Waals surface area contributed by atoms with Crippen LogP contribution in [0.3, 0.4) is 0 Å². The number of nitrogens with one attached hydrogen (secondary N) is 1. The van der Waals surface area contributed by atoms with Crippen molar-refractivity contribution >= 4 is 11.5 Å². The van der Waals surface area contributed by atoms with E-state index in [1.807, 2.05) is 0 Å². The van der Waals surface area contributed by atoms with Gasteiger partial charge in [-0.25, -0.2) is 0 Å². The average molecular weight is 303 g/mol. The van der Waals surface area contributed by atoms with Crippen molar-refractivity contribution in [2.24, 2.45) is 0 Å². The SMILES string of the molecule is CCCNC(c1cc(C)cc(C)c1)c1snnc1CCC. The van der Waals surface area contributed by atoms with E-state index >= 15 is 0 Å². The van der Waals surface area contributed by atoms with Crippen LogP contribution in [0.2, 0.25) is 0 Å². The van der Waals surface area contributed by atoms with Gasteiger partial charge in [0.15, 0.2) is 0 Å². The van der Waals surface area contributed by atoms with Gasteiger partial charge in [0, 0.05) is 0 Å². The molecular formula is C17H25N3S. The summed E-state index contributed by atoms with van der Waals surface area (Å²) in [6.45, 7) is 9.70. The molecule has 0 spiro atoms. The largest absolute Gasteiger partial charge is 0.305 e. The number of hydrogen-bond donors (Lipinski definition) is 1. The van der Waals surface area contributed by atoms with Crippen molar-refractivity contribution in [2.75, 3.05) is 6.54 Å². The van der Waals surface area contributed by atoms with E-state index in [9.17, 15) is 0 Å². The molecule has 0 saturated heterocycles. The van der Waals surface area contributed by atoms with Gasteiger partial charge < -0.3 is 5.32 Å². The van der Waals surface area contributed by atoms with Crippen LogP contribution in [-0.4, -0.2) is 16.1 Å². The number of rotatable bonds is 7. The maximum absolute atomic E-state index is 4.33. The number of benzene rings is 1. The molecule has 1 unspecified atom stereocenters. The smallest absolute Gasteiger partial charge is 0.0807 e. The molecule has 1 atom stereocenters. The summed E-state index contributed by atoms with van der Waals surface area (Å²) in [4.78, 5) is 1.27. The number of nitrogens with zero attached hydrogens (tertiary/aromatic N) is 2. The molecule has 1 aromatic heterocycles. The molecule has 0 radical (unpaired) electrons. The molecule has 0 aliphatic rings. The van der Waals surface area contributed by atoms with Crippen LogP contribution in [0.5, 0.6) is 0 Å². The standard InChI is InChI=1S/C17H25N3S/c1-5-7-15-17(21-20-19-15)16(18-8-6-2)14-10-12(3)9-13(4)11-14/h9-11,16,18H,5-8H2,1-4H3. The normalized spacial score (nSPS) is 12.6. The van der Waals surface area contributed by atoms with Crippen LogP contribution in [0.15, 0.2) is 18.2 Å². The molecule has 3 nitrogen and oxygen atoms in total. The van der Waals surface area contributed by atoms with Gasteiger partial charge in [0.05, 0.1) is 16.6 Å². The summed E-state index contributed by atoms with van der Waals surface area (Å²) in [5.41, 5.74) is 5.09. The average Bonchev–Trinajstić information content (AvgIpc) is 2.87. The second-order valence-corrected chi connectivity index (χ2v) is 6.43. The fraction of sp³-hybridized carbons (Fsp3) is 0.529. The van der Waals surface area contributed by atoms with Crippen LogP contribution in [-0.2, 0) is 6.42 Å². The molecular weight excluding hydrogens is 278 g/mol. The zero-order valence-electron chi connectivity index (χ0n) is 13.4. The highest BCUT2D eigenvalue weighted by molar-refractivity contribution is 7.05. The molecule has 1 aromatic carbocycles. The zero-order valence-corrected chi connectivity index (χ0v) is 14.3. The molecule has 114 valence electrons. The van der Waals surface area contributed by atoms with E-state index in [0.717, 1.165) is 31.5 Å². The third kappa shape index (κ3) is 4.11. The van der Waals surface area contributed by atoms with E-state index in [-0.39, 0.29) is 6.04 Å². The van der Waals surface area contributed by atoms with Crippen molar-refractivity contribution < 1.29 is 0 Å².